The molecule has 1 aliphatic rings. The molecule has 7 heteroatoms. The first kappa shape index (κ1) is 19.4. The molecule has 146 valence electrons. The van der Waals surface area contributed by atoms with Crippen LogP contribution >= 0.6 is 0 Å². The minimum atomic E-state index is -0.805. The zero-order chi connectivity index (χ0) is 20.1. The highest BCUT2D eigenvalue weighted by Gasteiger charge is 2.22. The first-order valence-electron chi connectivity index (χ1n) is 9.16. The van der Waals surface area contributed by atoms with E-state index in [2.05, 4.69) is 10.6 Å². The quantitative estimate of drug-likeness (QED) is 0.797. The van der Waals surface area contributed by atoms with E-state index in [0.717, 1.165) is 24.1 Å². The van der Waals surface area contributed by atoms with Gasteiger partial charge in [-0.25, -0.2) is 0 Å². The number of amides is 3. The van der Waals surface area contributed by atoms with Gasteiger partial charge in [-0.1, -0.05) is 18.2 Å². The van der Waals surface area contributed by atoms with Gasteiger partial charge in [0.25, 0.3) is 0 Å². The molecule has 0 spiro atoms. The summed E-state index contributed by atoms with van der Waals surface area (Å²) >= 11 is 0. The largest absolute Gasteiger partial charge is 0.495 e. The van der Waals surface area contributed by atoms with Crippen LogP contribution in [0.5, 0.6) is 5.75 Å². The smallest absolute Gasteiger partial charge is 0.314 e. The van der Waals surface area contributed by atoms with Crippen LogP contribution in [0, 0.1) is 6.92 Å². The second-order valence-corrected chi connectivity index (χ2v) is 6.61. The average molecular weight is 381 g/mol. The Morgan fingerprint density at radius 1 is 1.04 bits per heavy atom. The van der Waals surface area contributed by atoms with Crippen molar-refractivity contribution < 1.29 is 19.1 Å². The number of nitrogens with one attached hydrogen (secondary N) is 2. The van der Waals surface area contributed by atoms with Crippen molar-refractivity contribution in [3.05, 3.63) is 48.0 Å². The van der Waals surface area contributed by atoms with E-state index in [0.29, 0.717) is 30.1 Å². The number of carbonyl (C=O) groups is 3. The van der Waals surface area contributed by atoms with Crippen LogP contribution in [0.4, 0.5) is 17.1 Å². The molecule has 2 aromatic rings. The van der Waals surface area contributed by atoms with Crippen molar-refractivity contribution in [2.75, 3.05) is 29.2 Å². The van der Waals surface area contributed by atoms with Crippen LogP contribution in [0.1, 0.15) is 24.8 Å². The maximum absolute atomic E-state index is 12.3. The van der Waals surface area contributed by atoms with E-state index in [9.17, 15) is 14.4 Å². The van der Waals surface area contributed by atoms with Gasteiger partial charge in [-0.15, -0.1) is 0 Å². The molecule has 0 bridgehead atoms. The van der Waals surface area contributed by atoms with Gasteiger partial charge in [0, 0.05) is 24.3 Å². The molecule has 1 heterocycles. The van der Waals surface area contributed by atoms with Gasteiger partial charge in [0.15, 0.2) is 0 Å². The van der Waals surface area contributed by atoms with Crippen LogP contribution in [0.3, 0.4) is 0 Å². The van der Waals surface area contributed by atoms with Crippen LogP contribution in [0.15, 0.2) is 42.5 Å². The van der Waals surface area contributed by atoms with Gasteiger partial charge in [-0.3, -0.25) is 14.4 Å². The number of para-hydroxylation sites is 2. The van der Waals surface area contributed by atoms with Crippen molar-refractivity contribution in [2.45, 2.75) is 26.2 Å². The molecule has 3 amide bonds. The Morgan fingerprint density at radius 3 is 2.54 bits per heavy atom. The lowest BCUT2D eigenvalue weighted by Crippen LogP contribution is -2.35. The second kappa shape index (κ2) is 8.56. The summed E-state index contributed by atoms with van der Waals surface area (Å²) < 4.78 is 5.17. The first-order valence-corrected chi connectivity index (χ1v) is 9.16. The molecule has 7 nitrogen and oxygen atoms in total. The Balaban J connectivity index is 1.72. The molecule has 0 atom stereocenters. The van der Waals surface area contributed by atoms with E-state index < -0.39 is 11.8 Å². The molecule has 0 radical (unpaired) electrons. The Kier molecular flexibility index (Phi) is 5.93. The van der Waals surface area contributed by atoms with Crippen LogP contribution in [0.2, 0.25) is 0 Å². The predicted octanol–water partition coefficient (Wildman–Crippen LogP) is 3.10. The third-order valence-corrected chi connectivity index (χ3v) is 4.64. The van der Waals surface area contributed by atoms with Gasteiger partial charge < -0.3 is 20.3 Å². The maximum Gasteiger partial charge on any atom is 0.314 e. The summed E-state index contributed by atoms with van der Waals surface area (Å²) in [5.74, 6) is -1.07. The third-order valence-electron chi connectivity index (χ3n) is 4.64. The number of anilines is 3. The molecular weight excluding hydrogens is 358 g/mol. The monoisotopic (exact) mass is 381 g/mol. The fraction of sp³-hybridized carbons (Fsp3) is 0.286. The summed E-state index contributed by atoms with van der Waals surface area (Å²) in [7, 11) is 1.49. The molecule has 2 aromatic carbocycles. The highest BCUT2D eigenvalue weighted by atomic mass is 16.5. The molecule has 0 saturated carbocycles. The molecule has 3 rings (SSSR count). The van der Waals surface area contributed by atoms with Crippen molar-refractivity contribution in [3.8, 4) is 5.75 Å². The number of aryl methyl sites for hydroxylation is 1. The van der Waals surface area contributed by atoms with Gasteiger partial charge in [0.2, 0.25) is 5.91 Å². The molecule has 2 N–H and O–H groups in total. The summed E-state index contributed by atoms with van der Waals surface area (Å²) in [6.07, 6.45) is 2.37. The van der Waals surface area contributed by atoms with Gasteiger partial charge in [0.1, 0.15) is 5.75 Å². The molecule has 0 aliphatic carbocycles. The number of nitrogens with zero attached hydrogens (tertiary/aromatic N) is 1. The standard InChI is InChI=1S/C21H23N3O4/c1-14-10-11-15(13-17(14)24-12-6-5-9-19(24)25)22-20(26)21(27)23-16-7-3-4-8-18(16)28-2/h3-4,7-8,10-11,13H,5-6,9,12H2,1-2H3,(H,22,26)(H,23,27). The van der Waals surface area contributed by atoms with Crippen LogP contribution in [-0.2, 0) is 14.4 Å². The van der Waals surface area contributed by atoms with E-state index in [4.69, 9.17) is 4.74 Å². The van der Waals surface area contributed by atoms with E-state index in [-0.39, 0.29) is 5.91 Å². The maximum atomic E-state index is 12.3. The van der Waals surface area contributed by atoms with Crippen molar-refractivity contribution in [1.82, 2.24) is 0 Å². The first-order chi connectivity index (χ1) is 13.5. The van der Waals surface area contributed by atoms with Gasteiger partial charge >= 0.3 is 11.8 Å². The SMILES string of the molecule is COc1ccccc1NC(=O)C(=O)Nc1ccc(C)c(N2CCCCC2=O)c1. The Labute approximate surface area is 163 Å². The van der Waals surface area contributed by atoms with E-state index in [1.54, 1.807) is 41.3 Å². The van der Waals surface area contributed by atoms with E-state index >= 15 is 0 Å². The molecule has 1 fully saturated rings. The lowest BCUT2D eigenvalue weighted by atomic mass is 10.1. The predicted molar refractivity (Wildman–Crippen MR) is 108 cm³/mol. The molecular formula is C21H23N3O4. The van der Waals surface area contributed by atoms with Crippen molar-refractivity contribution in [1.29, 1.82) is 0 Å². The summed E-state index contributed by atoms with van der Waals surface area (Å²) in [5, 5.41) is 5.13. The average Bonchev–Trinajstić information content (AvgIpc) is 2.70. The number of methoxy groups -OCH3 is 1. The summed E-state index contributed by atoms with van der Waals surface area (Å²) in [6.45, 7) is 2.57. The zero-order valence-corrected chi connectivity index (χ0v) is 16.0. The number of carbonyl (C=O) groups excluding carboxylic acids is 3. The van der Waals surface area contributed by atoms with Crippen LogP contribution in [-0.4, -0.2) is 31.4 Å². The number of benzene rings is 2. The normalized spacial score (nSPS) is 13.8. The van der Waals surface area contributed by atoms with Crippen LogP contribution in [0.25, 0.3) is 0 Å². The fourth-order valence-electron chi connectivity index (χ4n) is 3.15. The Hall–Kier alpha value is -3.35. The molecule has 1 aliphatic heterocycles. The Bertz CT molecular complexity index is 910. The molecule has 1 saturated heterocycles. The lowest BCUT2D eigenvalue weighted by Gasteiger charge is -2.28. The number of hydrogen-bond acceptors (Lipinski definition) is 4. The summed E-state index contributed by atoms with van der Waals surface area (Å²) in [4.78, 5) is 38.5. The summed E-state index contributed by atoms with van der Waals surface area (Å²) in [5.41, 5.74) is 2.56. The van der Waals surface area contributed by atoms with Gasteiger partial charge in [0.05, 0.1) is 12.8 Å². The molecule has 0 aromatic heterocycles. The Morgan fingerprint density at radius 2 is 1.79 bits per heavy atom. The number of piperidine rings is 1. The molecule has 0 unspecified atom stereocenters. The number of ether oxygens (including phenoxy) is 1. The van der Waals surface area contributed by atoms with Gasteiger partial charge in [-0.2, -0.15) is 0 Å². The second-order valence-electron chi connectivity index (χ2n) is 6.61. The highest BCUT2D eigenvalue weighted by Crippen LogP contribution is 2.28. The summed E-state index contributed by atoms with van der Waals surface area (Å²) in [6, 6.07) is 12.1. The van der Waals surface area contributed by atoms with Crippen molar-refractivity contribution in [2.24, 2.45) is 0 Å². The zero-order valence-electron chi connectivity index (χ0n) is 16.0. The fourth-order valence-corrected chi connectivity index (χ4v) is 3.15. The minimum absolute atomic E-state index is 0.0757. The number of rotatable bonds is 4. The van der Waals surface area contributed by atoms with Crippen molar-refractivity contribution in [3.63, 3.8) is 0 Å². The highest BCUT2D eigenvalue weighted by molar-refractivity contribution is 6.43. The van der Waals surface area contributed by atoms with Crippen molar-refractivity contribution >= 4 is 34.8 Å². The van der Waals surface area contributed by atoms with E-state index in [1.165, 1.54) is 7.11 Å². The molecule has 28 heavy (non-hydrogen) atoms. The minimum Gasteiger partial charge on any atom is -0.495 e. The lowest BCUT2D eigenvalue weighted by molar-refractivity contribution is -0.133. The third kappa shape index (κ3) is 4.31. The van der Waals surface area contributed by atoms with E-state index in [1.807, 2.05) is 13.0 Å². The number of hydrogen-bond donors (Lipinski definition) is 2. The van der Waals surface area contributed by atoms with Gasteiger partial charge in [-0.05, 0) is 49.6 Å². The van der Waals surface area contributed by atoms with Crippen LogP contribution < -0.4 is 20.3 Å². The topological polar surface area (TPSA) is 87.7 Å².